The molecule has 1 aliphatic heterocycles. The molecule has 13 heteroatoms. The van der Waals surface area contributed by atoms with Crippen LogP contribution in [0.4, 0.5) is 11.4 Å². The smallest absolute Gasteiger partial charge is 0.292 e. The highest BCUT2D eigenvalue weighted by molar-refractivity contribution is 6.40. The van der Waals surface area contributed by atoms with Gasteiger partial charge in [0.2, 0.25) is 5.91 Å². The molecule has 3 aromatic rings. The summed E-state index contributed by atoms with van der Waals surface area (Å²) in [5.41, 5.74) is 2.46. The zero-order valence-corrected chi connectivity index (χ0v) is 23.6. The summed E-state index contributed by atoms with van der Waals surface area (Å²) < 4.78 is 9.42. The molecular weight excluding hydrogens is 575 g/mol. The number of non-ortho nitro benzene ring substituents is 1. The van der Waals surface area contributed by atoms with Crippen LogP contribution < -0.4 is 20.3 Å². The summed E-state index contributed by atoms with van der Waals surface area (Å²) in [5.74, 6) is -0.0968. The summed E-state index contributed by atoms with van der Waals surface area (Å²) in [4.78, 5) is 46.4. The van der Waals surface area contributed by atoms with Gasteiger partial charge in [-0.3, -0.25) is 24.5 Å². The Balaban J connectivity index is 0.00000108. The number of nitro benzene ring substituents is 1. The number of hydrogen-bond donors (Lipinski definition) is 2. The highest BCUT2D eigenvalue weighted by Crippen LogP contribution is 2.35. The molecule has 2 N–H and O–H groups in total. The number of methoxy groups -OCH3 is 1. The third kappa shape index (κ3) is 8.82. The second-order valence-electron chi connectivity index (χ2n) is 8.61. The van der Waals surface area contributed by atoms with E-state index >= 15 is 0 Å². The average Bonchev–Trinajstić information content (AvgIpc) is 2.98. The van der Waals surface area contributed by atoms with E-state index < -0.39 is 10.8 Å². The van der Waals surface area contributed by atoms with Crippen LogP contribution in [0.5, 0.6) is 5.75 Å². The Hall–Kier alpha value is -4.35. The van der Waals surface area contributed by atoms with Gasteiger partial charge in [-0.1, -0.05) is 53.5 Å². The number of carbonyl (C=O) groups excluding carboxylic acids is 3. The van der Waals surface area contributed by atoms with E-state index in [9.17, 15) is 19.7 Å². The van der Waals surface area contributed by atoms with E-state index in [0.29, 0.717) is 37.6 Å². The minimum absolute atomic E-state index is 0.0376. The lowest BCUT2D eigenvalue weighted by atomic mass is 10.0. The van der Waals surface area contributed by atoms with Crippen molar-refractivity contribution in [2.75, 3.05) is 44.8 Å². The number of nitrogens with one attached hydrogen (secondary N) is 2. The van der Waals surface area contributed by atoms with Crippen molar-refractivity contribution in [1.29, 1.82) is 0 Å². The fourth-order valence-corrected chi connectivity index (χ4v) is 4.64. The minimum Gasteiger partial charge on any atom is -0.490 e. The summed E-state index contributed by atoms with van der Waals surface area (Å²) in [6, 6.07) is 17.3. The molecule has 0 spiro atoms. The van der Waals surface area contributed by atoms with E-state index in [1.165, 1.54) is 19.2 Å². The van der Waals surface area contributed by atoms with Gasteiger partial charge in [0.05, 0.1) is 39.9 Å². The quantitative estimate of drug-likeness (QED) is 0.150. The largest absolute Gasteiger partial charge is 0.490 e. The number of halogens is 2. The topological polar surface area (TPSA) is 140 Å². The Labute approximate surface area is 246 Å². The Morgan fingerprint density at radius 3 is 2.34 bits per heavy atom. The maximum atomic E-state index is 12.6. The molecule has 216 valence electrons. The first kappa shape index (κ1) is 31.2. The van der Waals surface area contributed by atoms with Crippen LogP contribution in [0.3, 0.4) is 0 Å². The summed E-state index contributed by atoms with van der Waals surface area (Å²) >= 11 is 12.7. The van der Waals surface area contributed by atoms with Crippen LogP contribution in [0, 0.1) is 10.1 Å². The molecule has 4 rings (SSSR count). The van der Waals surface area contributed by atoms with Gasteiger partial charge in [-0.05, 0) is 29.3 Å². The number of fused-ring (bicyclic) bond motifs is 1. The first-order valence-electron chi connectivity index (χ1n) is 12.5. The summed E-state index contributed by atoms with van der Waals surface area (Å²) in [6.07, 6.45) is 0.175. The molecule has 2 amide bonds. The van der Waals surface area contributed by atoms with E-state index in [1.807, 2.05) is 35.2 Å². The van der Waals surface area contributed by atoms with Crippen LogP contribution in [0.15, 0.2) is 60.7 Å². The van der Waals surface area contributed by atoms with Gasteiger partial charge >= 0.3 is 0 Å². The van der Waals surface area contributed by atoms with Gasteiger partial charge < -0.3 is 25.0 Å². The third-order valence-corrected chi connectivity index (χ3v) is 6.52. The van der Waals surface area contributed by atoms with Crippen molar-refractivity contribution in [3.8, 4) is 16.9 Å². The number of nitrogens with zero attached hydrogens (tertiary/aromatic N) is 2. The molecule has 1 aliphatic rings. The van der Waals surface area contributed by atoms with Crippen molar-refractivity contribution >= 4 is 52.9 Å². The molecule has 0 aliphatic carbocycles. The lowest BCUT2D eigenvalue weighted by molar-refractivity contribution is -0.384. The maximum absolute atomic E-state index is 12.6. The summed E-state index contributed by atoms with van der Waals surface area (Å²) in [5, 5.41) is 17.0. The molecule has 1 heterocycles. The van der Waals surface area contributed by atoms with Crippen LogP contribution in [0.1, 0.15) is 16.8 Å². The fourth-order valence-electron chi connectivity index (χ4n) is 3.99. The highest BCUT2D eigenvalue weighted by atomic mass is 35.5. The fraction of sp³-hybridized carbons (Fsp3) is 0.250. The van der Waals surface area contributed by atoms with Crippen LogP contribution >= 0.6 is 23.2 Å². The first-order chi connectivity index (χ1) is 19.7. The average molecular weight is 603 g/mol. The number of nitro groups is 1. The van der Waals surface area contributed by atoms with Crippen LogP contribution in [-0.4, -0.2) is 63.1 Å². The third-order valence-electron chi connectivity index (χ3n) is 5.93. The lowest BCUT2D eigenvalue weighted by Crippen LogP contribution is -2.38. The standard InChI is InChI=1S/C26H24Cl2N4O5.C2H4O2/c27-20-14-18(17-4-2-1-3-5-17)15-21(28)25(20)26(34)30-10-9-29-24(33)8-11-31-12-13-37-23-7-6-19(32(35)36)16-22(23)31;1-4-2-3/h1-7,14-16H,8-13H2,(H,29,33)(H,30,34);2H,1H3. The normalized spacial score (nSPS) is 11.6. The molecule has 0 saturated carbocycles. The SMILES string of the molecule is COC=O.O=C(CCN1CCOc2ccc([N+](=O)[O-])cc21)NCCNC(=O)c1c(Cl)cc(-c2ccccc2)cc1Cl. The van der Waals surface area contributed by atoms with Gasteiger partial charge in [-0.15, -0.1) is 0 Å². The van der Waals surface area contributed by atoms with Crippen LogP contribution in [0.2, 0.25) is 10.0 Å². The summed E-state index contributed by atoms with van der Waals surface area (Å²) in [6.45, 7) is 2.09. The number of amides is 2. The van der Waals surface area contributed by atoms with Crippen molar-refractivity contribution in [3.05, 3.63) is 86.4 Å². The van der Waals surface area contributed by atoms with Crippen LogP contribution in [0.25, 0.3) is 11.1 Å². The minimum atomic E-state index is -0.466. The van der Waals surface area contributed by atoms with Gasteiger partial charge in [0.1, 0.15) is 12.4 Å². The van der Waals surface area contributed by atoms with E-state index in [4.69, 9.17) is 32.7 Å². The molecule has 0 unspecified atom stereocenters. The Bertz CT molecular complexity index is 1370. The Kier molecular flexibility index (Phi) is 11.7. The van der Waals surface area contributed by atoms with Gasteiger partial charge in [-0.2, -0.15) is 0 Å². The van der Waals surface area contributed by atoms with E-state index in [2.05, 4.69) is 15.4 Å². The molecule has 3 aromatic carbocycles. The van der Waals surface area contributed by atoms with Crippen molar-refractivity contribution in [2.45, 2.75) is 6.42 Å². The Morgan fingerprint density at radius 1 is 1.05 bits per heavy atom. The van der Waals surface area contributed by atoms with Gasteiger partial charge in [-0.25, -0.2) is 0 Å². The zero-order valence-electron chi connectivity index (χ0n) is 22.1. The molecule has 0 bridgehead atoms. The number of benzene rings is 3. The molecule has 0 atom stereocenters. The number of hydrogen-bond acceptors (Lipinski definition) is 8. The molecule has 41 heavy (non-hydrogen) atoms. The molecule has 0 saturated heterocycles. The van der Waals surface area contributed by atoms with Crippen molar-refractivity contribution in [1.82, 2.24) is 10.6 Å². The molecule has 11 nitrogen and oxygen atoms in total. The van der Waals surface area contributed by atoms with E-state index in [0.717, 1.165) is 11.1 Å². The lowest BCUT2D eigenvalue weighted by Gasteiger charge is -2.30. The van der Waals surface area contributed by atoms with Crippen LogP contribution in [-0.2, 0) is 14.3 Å². The van der Waals surface area contributed by atoms with Crippen molar-refractivity contribution in [2.24, 2.45) is 0 Å². The molecule has 0 aromatic heterocycles. The van der Waals surface area contributed by atoms with Gasteiger partial charge in [0, 0.05) is 38.2 Å². The zero-order chi connectivity index (χ0) is 29.8. The highest BCUT2D eigenvalue weighted by Gasteiger charge is 2.22. The van der Waals surface area contributed by atoms with Crippen molar-refractivity contribution in [3.63, 3.8) is 0 Å². The second-order valence-corrected chi connectivity index (χ2v) is 9.43. The predicted octanol–water partition coefficient (Wildman–Crippen LogP) is 4.49. The Morgan fingerprint density at radius 2 is 1.71 bits per heavy atom. The number of anilines is 1. The first-order valence-corrected chi connectivity index (χ1v) is 13.2. The van der Waals surface area contributed by atoms with E-state index in [-0.39, 0.29) is 46.7 Å². The number of carbonyl (C=O) groups is 3. The number of ether oxygens (including phenoxy) is 2. The maximum Gasteiger partial charge on any atom is 0.292 e. The predicted molar refractivity (Wildman–Crippen MR) is 156 cm³/mol. The van der Waals surface area contributed by atoms with Gasteiger partial charge in [0.25, 0.3) is 18.1 Å². The van der Waals surface area contributed by atoms with Gasteiger partial charge in [0.15, 0.2) is 0 Å². The van der Waals surface area contributed by atoms with Crippen molar-refractivity contribution < 1.29 is 28.8 Å². The molecule has 0 fully saturated rings. The molecular formula is C28H28Cl2N4O7. The summed E-state index contributed by atoms with van der Waals surface area (Å²) in [7, 11) is 1.31. The number of rotatable bonds is 10. The monoisotopic (exact) mass is 602 g/mol. The molecule has 0 radical (unpaired) electrons. The van der Waals surface area contributed by atoms with E-state index in [1.54, 1.807) is 18.2 Å². The second kappa shape index (κ2) is 15.4.